The maximum absolute atomic E-state index is 10.3. The molecule has 22 heavy (non-hydrogen) atoms. The third-order valence-corrected chi connectivity index (χ3v) is 4.21. The average molecular weight is 390 g/mol. The zero-order chi connectivity index (χ0) is 14.9. The molecule has 0 aliphatic carbocycles. The first-order chi connectivity index (χ1) is 9.30. The first kappa shape index (κ1) is 22.1. The van der Waals surface area contributed by atoms with Crippen LogP contribution in [0.2, 0.25) is 10.0 Å². The number of rotatable bonds is 2. The Labute approximate surface area is 155 Å². The summed E-state index contributed by atoms with van der Waals surface area (Å²) in [6.07, 6.45) is 0. The molecule has 2 N–H and O–H groups in total. The fourth-order valence-electron chi connectivity index (χ4n) is 2.95. The average Bonchev–Trinajstić information content (AvgIpc) is 2.33. The van der Waals surface area contributed by atoms with Crippen molar-refractivity contribution in [3.05, 3.63) is 27.7 Å². The third kappa shape index (κ3) is 5.05. The van der Waals surface area contributed by atoms with E-state index in [1.165, 1.54) is 0 Å². The summed E-state index contributed by atoms with van der Waals surface area (Å²) in [5.41, 5.74) is 0.747. The summed E-state index contributed by atoms with van der Waals surface area (Å²) in [5.74, 6) is 0.181. The molecule has 1 saturated heterocycles. The topological polar surface area (TPSA) is 35.5 Å². The quantitative estimate of drug-likeness (QED) is 0.779. The summed E-state index contributed by atoms with van der Waals surface area (Å²) in [4.78, 5) is 2.38. The molecule has 1 aromatic carbocycles. The van der Waals surface area contributed by atoms with Crippen molar-refractivity contribution in [1.29, 1.82) is 0 Å². The fourth-order valence-corrected chi connectivity index (χ4v) is 3.53. The van der Waals surface area contributed by atoms with Gasteiger partial charge in [-0.2, -0.15) is 0 Å². The molecule has 0 bridgehead atoms. The Kier molecular flexibility index (Phi) is 8.85. The normalized spacial score (nSPS) is 17.3. The Morgan fingerprint density at radius 2 is 1.68 bits per heavy atom. The van der Waals surface area contributed by atoms with Gasteiger partial charge in [-0.1, -0.05) is 44.0 Å². The number of hydrogen-bond donors (Lipinski definition) is 2. The van der Waals surface area contributed by atoms with E-state index >= 15 is 0 Å². The number of benzene rings is 1. The second-order valence-electron chi connectivity index (χ2n) is 6.37. The lowest BCUT2D eigenvalue weighted by atomic mass is 9.80. The van der Waals surface area contributed by atoms with E-state index in [4.69, 9.17) is 23.2 Å². The van der Waals surface area contributed by atoms with Crippen LogP contribution in [0.4, 0.5) is 0 Å². The van der Waals surface area contributed by atoms with Crippen LogP contribution in [-0.2, 0) is 0 Å². The lowest BCUT2D eigenvalue weighted by molar-refractivity contribution is 0.0843. The van der Waals surface area contributed by atoms with Crippen molar-refractivity contribution in [2.24, 2.45) is 5.41 Å². The number of aromatic hydroxyl groups is 1. The van der Waals surface area contributed by atoms with Crippen molar-refractivity contribution in [2.45, 2.75) is 26.8 Å². The first-order valence-corrected chi connectivity index (χ1v) is 7.69. The van der Waals surface area contributed by atoms with E-state index in [-0.39, 0.29) is 42.0 Å². The van der Waals surface area contributed by atoms with Crippen LogP contribution in [-0.4, -0.2) is 36.2 Å². The van der Waals surface area contributed by atoms with E-state index in [1.807, 2.05) is 0 Å². The molecule has 1 aromatic rings. The van der Waals surface area contributed by atoms with E-state index in [0.717, 1.165) is 31.7 Å². The number of nitrogens with one attached hydrogen (secondary N) is 1. The molecule has 2 rings (SSSR count). The van der Waals surface area contributed by atoms with Gasteiger partial charge < -0.3 is 10.4 Å². The molecule has 1 heterocycles. The molecule has 1 aliphatic heterocycles. The van der Waals surface area contributed by atoms with Gasteiger partial charge in [0, 0.05) is 42.8 Å². The van der Waals surface area contributed by atoms with Crippen LogP contribution in [0, 0.1) is 5.41 Å². The number of piperazine rings is 1. The zero-order valence-corrected chi connectivity index (χ0v) is 16.2. The van der Waals surface area contributed by atoms with Crippen LogP contribution in [0.3, 0.4) is 0 Å². The largest absolute Gasteiger partial charge is 0.508 e. The SMILES string of the molecule is CC(C)(C)[C@@H](c1c(O)cc(Cl)cc1Cl)N1CCNCC1.Cl.Cl. The van der Waals surface area contributed by atoms with E-state index in [1.54, 1.807) is 12.1 Å². The molecule has 0 radical (unpaired) electrons. The van der Waals surface area contributed by atoms with Crippen molar-refractivity contribution in [1.82, 2.24) is 10.2 Å². The summed E-state index contributed by atoms with van der Waals surface area (Å²) < 4.78 is 0. The van der Waals surface area contributed by atoms with Gasteiger partial charge in [0.15, 0.2) is 0 Å². The van der Waals surface area contributed by atoms with Gasteiger partial charge in [0.05, 0.1) is 5.02 Å². The molecule has 1 aliphatic rings. The van der Waals surface area contributed by atoms with Crippen LogP contribution in [0.15, 0.2) is 12.1 Å². The van der Waals surface area contributed by atoms with Gasteiger partial charge in [-0.3, -0.25) is 4.90 Å². The molecule has 0 unspecified atom stereocenters. The molecule has 0 amide bonds. The molecule has 1 fully saturated rings. The molecule has 7 heteroatoms. The maximum atomic E-state index is 10.3. The first-order valence-electron chi connectivity index (χ1n) is 6.93. The molecule has 1 atom stereocenters. The predicted octanol–water partition coefficient (Wildman–Crippen LogP) is 4.54. The minimum Gasteiger partial charge on any atom is -0.508 e. The second-order valence-corrected chi connectivity index (χ2v) is 7.22. The highest BCUT2D eigenvalue weighted by Crippen LogP contribution is 2.45. The maximum Gasteiger partial charge on any atom is 0.123 e. The molecular weight excluding hydrogens is 366 g/mol. The van der Waals surface area contributed by atoms with Crippen molar-refractivity contribution < 1.29 is 5.11 Å². The summed E-state index contributed by atoms with van der Waals surface area (Å²) in [5, 5.41) is 14.7. The molecule has 0 spiro atoms. The lowest BCUT2D eigenvalue weighted by Gasteiger charge is -2.43. The Bertz CT molecular complexity index is 462. The molecule has 128 valence electrons. The van der Waals surface area contributed by atoms with Gasteiger partial charge >= 0.3 is 0 Å². The van der Waals surface area contributed by atoms with Crippen LogP contribution in [0.5, 0.6) is 5.75 Å². The molecular formula is C15H24Cl4N2O. The molecule has 0 saturated carbocycles. The number of phenolic OH excluding ortho intramolecular Hbond substituents is 1. The Morgan fingerprint density at radius 1 is 1.14 bits per heavy atom. The van der Waals surface area contributed by atoms with Crippen molar-refractivity contribution in [2.75, 3.05) is 26.2 Å². The Morgan fingerprint density at radius 3 is 2.14 bits per heavy atom. The lowest BCUT2D eigenvalue weighted by Crippen LogP contribution is -2.48. The standard InChI is InChI=1S/C15H22Cl2N2O.2ClH/c1-15(2,3)14(19-6-4-18-5-7-19)13-11(17)8-10(16)9-12(13)20;;/h8-9,14,18,20H,4-7H2,1-3H3;2*1H/t14-;;/m1../s1. The van der Waals surface area contributed by atoms with Crippen LogP contribution in [0.1, 0.15) is 32.4 Å². The Hall–Kier alpha value is 0.1000. The number of nitrogens with zero attached hydrogens (tertiary/aromatic N) is 1. The molecule has 3 nitrogen and oxygen atoms in total. The second kappa shape index (κ2) is 8.81. The monoisotopic (exact) mass is 388 g/mol. The minimum absolute atomic E-state index is 0. The third-order valence-electron chi connectivity index (χ3n) is 3.68. The number of hydrogen-bond acceptors (Lipinski definition) is 3. The summed E-state index contributed by atoms with van der Waals surface area (Å²) in [6.45, 7) is 10.3. The smallest absolute Gasteiger partial charge is 0.123 e. The van der Waals surface area contributed by atoms with E-state index in [2.05, 4.69) is 31.0 Å². The van der Waals surface area contributed by atoms with Crippen molar-refractivity contribution in [3.8, 4) is 5.75 Å². The van der Waals surface area contributed by atoms with Gasteiger partial charge in [-0.15, -0.1) is 24.8 Å². The van der Waals surface area contributed by atoms with Gasteiger partial charge in [-0.25, -0.2) is 0 Å². The summed E-state index contributed by atoms with van der Waals surface area (Å²) >= 11 is 12.3. The number of phenols is 1. The van der Waals surface area contributed by atoms with E-state index in [0.29, 0.717) is 10.0 Å². The Balaban J connectivity index is 0.00000220. The highest BCUT2D eigenvalue weighted by Gasteiger charge is 2.35. The van der Waals surface area contributed by atoms with Crippen LogP contribution in [0.25, 0.3) is 0 Å². The summed E-state index contributed by atoms with van der Waals surface area (Å²) in [6, 6.07) is 3.34. The zero-order valence-electron chi connectivity index (χ0n) is 13.0. The van der Waals surface area contributed by atoms with E-state index < -0.39 is 0 Å². The highest BCUT2D eigenvalue weighted by molar-refractivity contribution is 6.35. The molecule has 0 aromatic heterocycles. The van der Waals surface area contributed by atoms with Gasteiger partial charge in [0.1, 0.15) is 5.75 Å². The van der Waals surface area contributed by atoms with Gasteiger partial charge in [0.2, 0.25) is 0 Å². The van der Waals surface area contributed by atoms with Crippen LogP contribution < -0.4 is 5.32 Å². The number of halogens is 4. The van der Waals surface area contributed by atoms with Crippen LogP contribution >= 0.6 is 48.0 Å². The predicted molar refractivity (Wildman–Crippen MR) is 99.3 cm³/mol. The highest BCUT2D eigenvalue weighted by atomic mass is 35.5. The van der Waals surface area contributed by atoms with Gasteiger partial charge in [0.25, 0.3) is 0 Å². The van der Waals surface area contributed by atoms with Gasteiger partial charge in [-0.05, 0) is 17.5 Å². The summed E-state index contributed by atoms with van der Waals surface area (Å²) in [7, 11) is 0. The van der Waals surface area contributed by atoms with Crippen molar-refractivity contribution in [3.63, 3.8) is 0 Å². The van der Waals surface area contributed by atoms with E-state index in [9.17, 15) is 5.11 Å². The fraction of sp³-hybridized carbons (Fsp3) is 0.600. The minimum atomic E-state index is -0.0354. The van der Waals surface area contributed by atoms with Crippen molar-refractivity contribution >= 4 is 48.0 Å².